The lowest BCUT2D eigenvalue weighted by molar-refractivity contribution is 1.57. The van der Waals surface area contributed by atoms with Crippen molar-refractivity contribution in [2.75, 3.05) is 0 Å². The lowest BCUT2D eigenvalue weighted by Gasteiger charge is -2.18. The van der Waals surface area contributed by atoms with Gasteiger partial charge in [-0.2, -0.15) is 0 Å². The number of hydrogen-bond acceptors (Lipinski definition) is 0. The molecule has 0 aliphatic carbocycles. The SMILES string of the molecule is [2H]c1c([2H])c(-c2c([2H])c([2H])c(-c3ccc4ccc5cccc6ccc3c4c56)c(-c3ccccc3)c2[2H])c([2H])c(-c2ccc3ccc4cccc5ccc2c3c45)c1[2H]. The molecule has 0 nitrogen and oxygen atoms in total. The molecule has 11 aromatic rings. The zero-order chi connectivity index (χ0) is 38.9. The maximum Gasteiger partial charge on any atom is 0.0636 e. The van der Waals surface area contributed by atoms with Gasteiger partial charge in [-0.05, 0) is 121 Å². The van der Waals surface area contributed by atoms with E-state index in [-0.39, 0.29) is 46.9 Å². The Balaban J connectivity index is 1.23. The van der Waals surface area contributed by atoms with Crippen LogP contribution in [0.4, 0.5) is 0 Å². The van der Waals surface area contributed by atoms with Crippen molar-refractivity contribution in [2.45, 2.75) is 0 Å². The molecule has 0 unspecified atom stereocenters. The summed E-state index contributed by atoms with van der Waals surface area (Å²) in [6, 6.07) is 44.3. The fraction of sp³-hybridized carbons (Fsp3) is 0. The van der Waals surface area contributed by atoms with E-state index in [0.29, 0.717) is 27.8 Å². The number of hydrogen-bond donors (Lipinski definition) is 0. The molecule has 0 atom stereocenters. The zero-order valence-corrected chi connectivity index (χ0v) is 26.8. The van der Waals surface area contributed by atoms with Crippen molar-refractivity contribution in [3.8, 4) is 44.5 Å². The quantitative estimate of drug-likeness (QED) is 0.168. The summed E-state index contributed by atoms with van der Waals surface area (Å²) in [5.41, 5.74) is 2.77. The minimum absolute atomic E-state index is 0.0669. The molecule has 230 valence electrons. The first-order valence-corrected chi connectivity index (χ1v) is 16.9. The first kappa shape index (κ1) is 21.5. The maximum absolute atomic E-state index is 9.95. The highest BCUT2D eigenvalue weighted by Crippen LogP contribution is 2.44. The fourth-order valence-electron chi connectivity index (χ4n) is 8.06. The maximum atomic E-state index is 9.95. The second kappa shape index (κ2) is 10.5. The van der Waals surface area contributed by atoms with Crippen molar-refractivity contribution in [2.24, 2.45) is 0 Å². The van der Waals surface area contributed by atoms with Gasteiger partial charge in [0.25, 0.3) is 0 Å². The lowest BCUT2D eigenvalue weighted by Crippen LogP contribution is -1.91. The van der Waals surface area contributed by atoms with Crippen molar-refractivity contribution >= 4 is 64.6 Å². The smallest absolute Gasteiger partial charge is 0.0622 e. The van der Waals surface area contributed by atoms with Crippen LogP contribution in [0.5, 0.6) is 0 Å². The van der Waals surface area contributed by atoms with Gasteiger partial charge < -0.3 is 0 Å². The van der Waals surface area contributed by atoms with Gasteiger partial charge in [-0.15, -0.1) is 0 Å². The average Bonchev–Trinajstić information content (AvgIpc) is 3.24. The van der Waals surface area contributed by atoms with Crippen molar-refractivity contribution < 1.29 is 9.60 Å². The van der Waals surface area contributed by atoms with Crippen LogP contribution >= 0.6 is 0 Å². The van der Waals surface area contributed by atoms with Gasteiger partial charge in [-0.25, -0.2) is 0 Å². The Bertz CT molecular complexity index is 3450. The largest absolute Gasteiger partial charge is 0.0636 e. The van der Waals surface area contributed by atoms with E-state index in [4.69, 9.17) is 1.37 Å². The highest BCUT2D eigenvalue weighted by molar-refractivity contribution is 6.27. The van der Waals surface area contributed by atoms with Gasteiger partial charge >= 0.3 is 0 Å². The molecule has 0 fully saturated rings. The summed E-state index contributed by atoms with van der Waals surface area (Å²) < 4.78 is 66.6. The van der Waals surface area contributed by atoms with Crippen LogP contribution in [0.1, 0.15) is 9.60 Å². The van der Waals surface area contributed by atoms with Gasteiger partial charge in [0.15, 0.2) is 0 Å². The van der Waals surface area contributed by atoms with E-state index in [0.717, 1.165) is 64.6 Å². The van der Waals surface area contributed by atoms with E-state index < -0.39 is 12.1 Å². The third kappa shape index (κ3) is 4.00. The molecule has 0 spiro atoms. The highest BCUT2D eigenvalue weighted by atomic mass is 14.2. The van der Waals surface area contributed by atoms with Crippen LogP contribution in [0, 0.1) is 0 Å². The van der Waals surface area contributed by atoms with E-state index in [9.17, 15) is 8.22 Å². The molecule has 0 saturated carbocycles. The molecule has 0 heterocycles. The minimum atomic E-state index is -0.414. The zero-order valence-electron chi connectivity index (χ0n) is 33.8. The van der Waals surface area contributed by atoms with Crippen molar-refractivity contribution in [3.63, 3.8) is 0 Å². The van der Waals surface area contributed by atoms with E-state index in [1.165, 1.54) is 0 Å². The third-order valence-corrected chi connectivity index (χ3v) is 10.3. The van der Waals surface area contributed by atoms with Crippen LogP contribution in [-0.4, -0.2) is 0 Å². The topological polar surface area (TPSA) is 0 Å². The van der Waals surface area contributed by atoms with Crippen LogP contribution in [0.25, 0.3) is 109 Å². The Morgan fingerprint density at radius 2 is 0.780 bits per heavy atom. The molecule has 0 radical (unpaired) electrons. The average molecular weight is 638 g/mol. The van der Waals surface area contributed by atoms with Crippen LogP contribution in [0.3, 0.4) is 0 Å². The van der Waals surface area contributed by atoms with Crippen LogP contribution < -0.4 is 0 Å². The number of rotatable bonds is 4. The summed E-state index contributed by atoms with van der Waals surface area (Å²) in [5.74, 6) is 0. The van der Waals surface area contributed by atoms with E-state index in [1.54, 1.807) is 0 Å². The number of benzene rings is 11. The summed E-state index contributed by atoms with van der Waals surface area (Å²) in [7, 11) is 0. The van der Waals surface area contributed by atoms with Gasteiger partial charge in [0.05, 0.1) is 9.60 Å². The molecule has 50 heavy (non-hydrogen) atoms. The summed E-state index contributed by atoms with van der Waals surface area (Å²) in [6.45, 7) is 0. The Hall–Kier alpha value is -6.50. The monoisotopic (exact) mass is 637 g/mol. The van der Waals surface area contributed by atoms with Crippen LogP contribution in [0.15, 0.2) is 182 Å². The van der Waals surface area contributed by atoms with E-state index >= 15 is 0 Å². The Morgan fingerprint density at radius 3 is 1.42 bits per heavy atom. The molecule has 0 amide bonds. The lowest BCUT2D eigenvalue weighted by atomic mass is 9.86. The van der Waals surface area contributed by atoms with E-state index in [2.05, 4.69) is 60.7 Å². The fourth-order valence-corrected chi connectivity index (χ4v) is 8.06. The molecular formula is C50H30. The molecule has 11 aromatic carbocycles. The van der Waals surface area contributed by atoms with Crippen molar-refractivity contribution in [1.29, 1.82) is 0 Å². The molecular weight excluding hydrogens is 601 g/mol. The normalized spacial score (nSPS) is 14.0. The van der Waals surface area contributed by atoms with Gasteiger partial charge in [0, 0.05) is 0 Å². The first-order valence-electron chi connectivity index (χ1n) is 20.4. The molecule has 0 aliphatic heterocycles. The molecule has 0 aromatic heterocycles. The minimum Gasteiger partial charge on any atom is -0.0622 e. The first-order chi connectivity index (χ1) is 27.7. The van der Waals surface area contributed by atoms with Crippen molar-refractivity contribution in [1.82, 2.24) is 0 Å². The molecule has 11 rings (SSSR count). The van der Waals surface area contributed by atoms with Crippen molar-refractivity contribution in [3.05, 3.63) is 182 Å². The Morgan fingerprint density at radius 1 is 0.280 bits per heavy atom. The van der Waals surface area contributed by atoms with Gasteiger partial charge in [-0.1, -0.05) is 170 Å². The second-order valence-electron chi connectivity index (χ2n) is 13.1. The standard InChI is InChI=1S/C50H30/c1-2-7-31(8-3-1)46-30-39(23-26-43(46)42-25-20-37-18-16-33-10-5-12-35-22-28-45(42)50(37)48(33)35)38-13-6-14-40(29-38)41-24-19-36-17-15-32-9-4-11-34-21-27-44(41)49(36)47(32)34/h1-30H/i6D,13D,14D,23D,26D,29D,30D. The summed E-state index contributed by atoms with van der Waals surface area (Å²) in [6.07, 6.45) is 0. The third-order valence-electron chi connectivity index (χ3n) is 10.3. The summed E-state index contributed by atoms with van der Waals surface area (Å²) >= 11 is 0. The van der Waals surface area contributed by atoms with Gasteiger partial charge in [0.2, 0.25) is 0 Å². The predicted octanol–water partition coefficient (Wildman–Crippen LogP) is 14.1. The molecule has 0 heteroatoms. The predicted molar refractivity (Wildman–Crippen MR) is 216 cm³/mol. The Kier molecular flexibility index (Phi) is 4.51. The Labute approximate surface area is 300 Å². The van der Waals surface area contributed by atoms with Crippen LogP contribution in [-0.2, 0) is 0 Å². The van der Waals surface area contributed by atoms with Crippen LogP contribution in [0.2, 0.25) is 0 Å². The molecule has 0 bridgehead atoms. The van der Waals surface area contributed by atoms with Gasteiger partial charge in [-0.3, -0.25) is 0 Å². The molecule has 0 aliphatic rings. The molecule has 0 N–H and O–H groups in total. The summed E-state index contributed by atoms with van der Waals surface area (Å²) in [4.78, 5) is 0. The molecule has 0 saturated heterocycles. The second-order valence-corrected chi connectivity index (χ2v) is 13.1. The van der Waals surface area contributed by atoms with Gasteiger partial charge in [0.1, 0.15) is 0 Å². The highest BCUT2D eigenvalue weighted by Gasteiger charge is 2.17. The van der Waals surface area contributed by atoms with E-state index in [1.807, 2.05) is 78.9 Å². The summed E-state index contributed by atoms with van der Waals surface area (Å²) in [5, 5.41) is 12.4.